The Morgan fingerprint density at radius 2 is 1.79 bits per heavy atom. The molecular formula is C20H26N2O6S. The van der Waals surface area contributed by atoms with Crippen molar-refractivity contribution in [2.45, 2.75) is 24.8 Å². The van der Waals surface area contributed by atoms with Crippen LogP contribution in [0, 0.1) is 6.92 Å². The lowest BCUT2D eigenvalue weighted by Gasteiger charge is -2.15. The van der Waals surface area contributed by atoms with E-state index in [1.165, 1.54) is 25.3 Å². The smallest absolute Gasteiger partial charge is 0.261 e. The van der Waals surface area contributed by atoms with Crippen LogP contribution >= 0.6 is 0 Å². The van der Waals surface area contributed by atoms with E-state index < -0.39 is 10.0 Å². The summed E-state index contributed by atoms with van der Waals surface area (Å²) in [6.45, 7) is 3.76. The summed E-state index contributed by atoms with van der Waals surface area (Å²) >= 11 is 0. The molecule has 1 amide bonds. The van der Waals surface area contributed by atoms with Crippen LogP contribution in [0.15, 0.2) is 47.4 Å². The van der Waals surface area contributed by atoms with E-state index in [1.807, 2.05) is 6.92 Å². The van der Waals surface area contributed by atoms with Gasteiger partial charge in [-0.25, -0.2) is 8.42 Å². The molecule has 2 aromatic rings. The normalized spacial score (nSPS) is 12.1. The molecule has 0 radical (unpaired) electrons. The van der Waals surface area contributed by atoms with E-state index in [-0.39, 0.29) is 23.5 Å². The molecule has 0 saturated heterocycles. The highest BCUT2D eigenvalue weighted by atomic mass is 32.2. The van der Waals surface area contributed by atoms with Crippen molar-refractivity contribution in [1.82, 2.24) is 5.32 Å². The molecule has 2 aromatic carbocycles. The molecule has 29 heavy (non-hydrogen) atoms. The van der Waals surface area contributed by atoms with Crippen molar-refractivity contribution in [3.63, 3.8) is 0 Å². The summed E-state index contributed by atoms with van der Waals surface area (Å²) in [5, 5.41) is 2.74. The first-order valence-electron chi connectivity index (χ1n) is 8.94. The molecule has 0 unspecified atom stereocenters. The molecule has 2 N–H and O–H groups in total. The highest BCUT2D eigenvalue weighted by molar-refractivity contribution is 7.92. The van der Waals surface area contributed by atoms with Gasteiger partial charge in [-0.05, 0) is 61.9 Å². The molecule has 8 nitrogen and oxygen atoms in total. The number of aryl methyl sites for hydroxylation is 1. The third kappa shape index (κ3) is 6.65. The number of rotatable bonds is 10. The van der Waals surface area contributed by atoms with E-state index in [0.717, 1.165) is 0 Å². The highest BCUT2D eigenvalue weighted by Crippen LogP contribution is 2.24. The van der Waals surface area contributed by atoms with Gasteiger partial charge < -0.3 is 19.5 Å². The molecular weight excluding hydrogens is 396 g/mol. The minimum atomic E-state index is -3.77. The Bertz CT molecular complexity index is 928. The fraction of sp³-hybridized carbons (Fsp3) is 0.350. The van der Waals surface area contributed by atoms with Crippen LogP contribution in [0.25, 0.3) is 0 Å². The summed E-state index contributed by atoms with van der Waals surface area (Å²) in [6.07, 6.45) is 0. The Morgan fingerprint density at radius 1 is 1.10 bits per heavy atom. The summed E-state index contributed by atoms with van der Waals surface area (Å²) < 4.78 is 43.3. The number of carbonyl (C=O) groups is 1. The van der Waals surface area contributed by atoms with Crippen molar-refractivity contribution in [3.8, 4) is 11.5 Å². The van der Waals surface area contributed by atoms with Crippen molar-refractivity contribution in [2.24, 2.45) is 0 Å². The van der Waals surface area contributed by atoms with Gasteiger partial charge in [0.15, 0.2) is 6.61 Å². The SMILES string of the molecule is COC[C@@H](C)NC(=O)COc1ccc(S(=O)(=O)Nc2ccc(OC)cc2)cc1C. The first-order valence-corrected chi connectivity index (χ1v) is 10.4. The molecule has 0 aliphatic heterocycles. The molecule has 0 spiro atoms. The molecule has 0 saturated carbocycles. The van der Waals surface area contributed by atoms with Crippen LogP contribution in [0.4, 0.5) is 5.69 Å². The van der Waals surface area contributed by atoms with E-state index in [9.17, 15) is 13.2 Å². The number of amides is 1. The Balaban J connectivity index is 2.02. The van der Waals surface area contributed by atoms with Gasteiger partial charge in [-0.2, -0.15) is 0 Å². The van der Waals surface area contributed by atoms with Crippen molar-refractivity contribution in [3.05, 3.63) is 48.0 Å². The number of nitrogens with one attached hydrogen (secondary N) is 2. The molecule has 1 atom stereocenters. The molecule has 9 heteroatoms. The van der Waals surface area contributed by atoms with Crippen LogP contribution in [0.3, 0.4) is 0 Å². The zero-order valence-corrected chi connectivity index (χ0v) is 17.7. The molecule has 0 aromatic heterocycles. The number of methoxy groups -OCH3 is 2. The maximum Gasteiger partial charge on any atom is 0.261 e. The predicted octanol–water partition coefficient (Wildman–Crippen LogP) is 2.33. The quantitative estimate of drug-likeness (QED) is 0.609. The van der Waals surface area contributed by atoms with Gasteiger partial charge in [0.05, 0.1) is 18.6 Å². The second-order valence-electron chi connectivity index (χ2n) is 6.47. The molecule has 0 fully saturated rings. The fourth-order valence-corrected chi connectivity index (χ4v) is 3.72. The van der Waals surface area contributed by atoms with Crippen LogP contribution in [0.5, 0.6) is 11.5 Å². The van der Waals surface area contributed by atoms with Crippen molar-refractivity contribution in [1.29, 1.82) is 0 Å². The fourth-order valence-electron chi connectivity index (χ4n) is 2.58. The zero-order valence-electron chi connectivity index (χ0n) is 16.9. The number of anilines is 1. The van der Waals surface area contributed by atoms with Gasteiger partial charge in [-0.1, -0.05) is 0 Å². The Kier molecular flexibility index (Phi) is 7.86. The van der Waals surface area contributed by atoms with Gasteiger partial charge in [0.1, 0.15) is 11.5 Å². The summed E-state index contributed by atoms with van der Waals surface area (Å²) in [5.74, 6) is 0.778. The van der Waals surface area contributed by atoms with Crippen LogP contribution in [0.2, 0.25) is 0 Å². The Morgan fingerprint density at radius 3 is 2.38 bits per heavy atom. The minimum Gasteiger partial charge on any atom is -0.497 e. The second kappa shape index (κ2) is 10.1. The number of sulfonamides is 1. The van der Waals surface area contributed by atoms with E-state index in [0.29, 0.717) is 29.4 Å². The number of carbonyl (C=O) groups excluding carboxylic acids is 1. The summed E-state index contributed by atoms with van der Waals surface area (Å²) in [5.41, 5.74) is 1.02. The third-order valence-corrected chi connectivity index (χ3v) is 5.36. The van der Waals surface area contributed by atoms with Crippen molar-refractivity contribution in [2.75, 3.05) is 32.2 Å². The number of hydrogen-bond donors (Lipinski definition) is 2. The summed E-state index contributed by atoms with van der Waals surface area (Å²) in [7, 11) is -0.671. The van der Waals surface area contributed by atoms with Crippen LogP contribution in [-0.2, 0) is 19.6 Å². The van der Waals surface area contributed by atoms with Gasteiger partial charge in [-0.3, -0.25) is 9.52 Å². The molecule has 2 rings (SSSR count). The highest BCUT2D eigenvalue weighted by Gasteiger charge is 2.16. The molecule has 158 valence electrons. The first-order chi connectivity index (χ1) is 13.7. The summed E-state index contributed by atoms with van der Waals surface area (Å²) in [6, 6.07) is 10.9. The topological polar surface area (TPSA) is 103 Å². The number of benzene rings is 2. The first kappa shape index (κ1) is 22.5. The van der Waals surface area contributed by atoms with E-state index in [4.69, 9.17) is 14.2 Å². The lowest BCUT2D eigenvalue weighted by molar-refractivity contribution is -0.124. The third-order valence-electron chi connectivity index (χ3n) is 3.98. The largest absolute Gasteiger partial charge is 0.497 e. The van der Waals surface area contributed by atoms with Crippen LogP contribution in [0.1, 0.15) is 12.5 Å². The Labute approximate surface area is 171 Å². The van der Waals surface area contributed by atoms with E-state index in [1.54, 1.807) is 38.3 Å². The van der Waals surface area contributed by atoms with E-state index in [2.05, 4.69) is 10.0 Å². The number of hydrogen-bond acceptors (Lipinski definition) is 6. The average molecular weight is 423 g/mol. The molecule has 0 heterocycles. The number of ether oxygens (including phenoxy) is 3. The van der Waals surface area contributed by atoms with Gasteiger partial charge in [-0.15, -0.1) is 0 Å². The summed E-state index contributed by atoms with van der Waals surface area (Å²) in [4.78, 5) is 12.0. The molecule has 0 aliphatic rings. The Hall–Kier alpha value is -2.78. The maximum atomic E-state index is 12.6. The monoisotopic (exact) mass is 422 g/mol. The molecule has 0 aliphatic carbocycles. The van der Waals surface area contributed by atoms with E-state index >= 15 is 0 Å². The standard InChI is InChI=1S/C20H26N2O6S/c1-14-11-18(29(24,25)22-16-5-7-17(27-4)8-6-16)9-10-19(14)28-13-20(23)21-15(2)12-26-3/h5-11,15,22H,12-13H2,1-4H3,(H,21,23)/t15-/m1/s1. The maximum absolute atomic E-state index is 12.6. The van der Waals surface area contributed by atoms with Gasteiger partial charge in [0.2, 0.25) is 0 Å². The van der Waals surface area contributed by atoms with Gasteiger partial charge >= 0.3 is 0 Å². The minimum absolute atomic E-state index is 0.0938. The molecule has 0 bridgehead atoms. The van der Waals surface area contributed by atoms with Gasteiger partial charge in [0.25, 0.3) is 15.9 Å². The zero-order chi connectivity index (χ0) is 21.4. The van der Waals surface area contributed by atoms with Crippen molar-refractivity contribution >= 4 is 21.6 Å². The van der Waals surface area contributed by atoms with Crippen molar-refractivity contribution < 1.29 is 27.4 Å². The van der Waals surface area contributed by atoms with Crippen LogP contribution in [-0.4, -0.2) is 47.8 Å². The lowest BCUT2D eigenvalue weighted by atomic mass is 10.2. The second-order valence-corrected chi connectivity index (χ2v) is 8.16. The van der Waals surface area contributed by atoms with Crippen LogP contribution < -0.4 is 19.5 Å². The van der Waals surface area contributed by atoms with Gasteiger partial charge in [0, 0.05) is 18.8 Å². The average Bonchev–Trinajstić information content (AvgIpc) is 2.67. The predicted molar refractivity (Wildman–Crippen MR) is 110 cm³/mol. The lowest BCUT2D eigenvalue weighted by Crippen LogP contribution is -2.38.